The smallest absolute Gasteiger partial charge is 0.278 e. The molecular weight excluding hydrogens is 360 g/mol. The van der Waals surface area contributed by atoms with E-state index in [2.05, 4.69) is 24.4 Å². The van der Waals surface area contributed by atoms with Crippen LogP contribution in [0.25, 0.3) is 0 Å². The van der Waals surface area contributed by atoms with Crippen LogP contribution in [0.4, 0.5) is 0 Å². The van der Waals surface area contributed by atoms with Gasteiger partial charge < -0.3 is 19.7 Å². The number of nitrogens with two attached hydrogens (primary N) is 1. The Morgan fingerprint density at radius 2 is 1.96 bits per heavy atom. The Bertz CT molecular complexity index is 771. The van der Waals surface area contributed by atoms with Gasteiger partial charge in [-0.3, -0.25) is 4.79 Å². The minimum Gasteiger partial charge on any atom is -0.493 e. The Balaban J connectivity index is 1.65. The first kappa shape index (κ1) is 19.7. The van der Waals surface area contributed by atoms with Crippen molar-refractivity contribution >= 4 is 17.2 Å². The normalized spacial score (nSPS) is 13.4. The quantitative estimate of drug-likeness (QED) is 0.679. The average Bonchev–Trinajstić information content (AvgIpc) is 3.43. The standard InChI is InChI=1S/C21H28N2O3S/c1-15-4-8-18(27-15)14-23(21(24)13-22-17-6-7-17)11-10-16-5-9-19(25-2)20(12-16)26-3/h4-5,8-9,12,17,22H,6-7,10-11,13-14H2,1-3H3/p+1. The van der Waals surface area contributed by atoms with E-state index in [0.717, 1.165) is 23.5 Å². The number of thiophene rings is 1. The summed E-state index contributed by atoms with van der Waals surface area (Å²) in [5.74, 6) is 1.67. The fourth-order valence-corrected chi connectivity index (χ4v) is 3.98. The summed E-state index contributed by atoms with van der Waals surface area (Å²) in [5.41, 5.74) is 1.14. The summed E-state index contributed by atoms with van der Waals surface area (Å²) in [6, 6.07) is 10.9. The fraction of sp³-hybridized carbons (Fsp3) is 0.476. The molecule has 2 N–H and O–H groups in total. The lowest BCUT2D eigenvalue weighted by atomic mass is 10.1. The summed E-state index contributed by atoms with van der Waals surface area (Å²) in [7, 11) is 3.28. The lowest BCUT2D eigenvalue weighted by Gasteiger charge is -2.22. The monoisotopic (exact) mass is 389 g/mol. The molecule has 1 aliphatic carbocycles. The van der Waals surface area contributed by atoms with E-state index in [0.29, 0.717) is 25.7 Å². The van der Waals surface area contributed by atoms with Crippen molar-refractivity contribution in [2.45, 2.75) is 38.8 Å². The van der Waals surface area contributed by atoms with E-state index in [1.165, 1.54) is 22.6 Å². The zero-order chi connectivity index (χ0) is 19.2. The second kappa shape index (κ2) is 9.24. The Morgan fingerprint density at radius 1 is 1.19 bits per heavy atom. The lowest BCUT2D eigenvalue weighted by Crippen LogP contribution is -2.88. The van der Waals surface area contributed by atoms with E-state index in [9.17, 15) is 4.79 Å². The molecule has 27 heavy (non-hydrogen) atoms. The number of aryl methyl sites for hydroxylation is 1. The van der Waals surface area contributed by atoms with Crippen molar-refractivity contribution in [3.05, 3.63) is 45.6 Å². The summed E-state index contributed by atoms with van der Waals surface area (Å²) in [4.78, 5) is 17.3. The largest absolute Gasteiger partial charge is 0.493 e. The van der Waals surface area contributed by atoms with Crippen LogP contribution in [-0.2, 0) is 17.8 Å². The average molecular weight is 390 g/mol. The van der Waals surface area contributed by atoms with Crippen LogP contribution in [0.5, 0.6) is 11.5 Å². The molecule has 0 bridgehead atoms. The van der Waals surface area contributed by atoms with Gasteiger partial charge in [-0.2, -0.15) is 0 Å². The molecule has 2 aromatic rings. The summed E-state index contributed by atoms with van der Waals surface area (Å²) in [5, 5.41) is 2.19. The Labute approximate surface area is 165 Å². The number of rotatable bonds is 10. The van der Waals surface area contributed by atoms with Gasteiger partial charge in [0.25, 0.3) is 5.91 Å². The molecule has 1 amide bonds. The molecule has 146 valence electrons. The van der Waals surface area contributed by atoms with Crippen LogP contribution in [0.1, 0.15) is 28.2 Å². The molecule has 1 aliphatic rings. The molecule has 0 unspecified atom stereocenters. The Kier molecular flexibility index (Phi) is 6.74. The highest BCUT2D eigenvalue weighted by molar-refractivity contribution is 7.11. The van der Waals surface area contributed by atoms with E-state index >= 15 is 0 Å². The molecule has 1 heterocycles. The first-order chi connectivity index (χ1) is 13.1. The molecule has 1 fully saturated rings. The lowest BCUT2D eigenvalue weighted by molar-refractivity contribution is -0.658. The summed E-state index contributed by atoms with van der Waals surface area (Å²) >= 11 is 1.76. The molecule has 0 saturated heterocycles. The minimum atomic E-state index is 0.216. The first-order valence-corrected chi connectivity index (χ1v) is 10.3. The minimum absolute atomic E-state index is 0.216. The predicted octanol–water partition coefficient (Wildman–Crippen LogP) is 2.37. The number of quaternary nitrogens is 1. The second-order valence-electron chi connectivity index (χ2n) is 7.04. The van der Waals surface area contributed by atoms with Crippen molar-refractivity contribution in [1.29, 1.82) is 0 Å². The molecule has 6 heteroatoms. The number of hydrogen-bond acceptors (Lipinski definition) is 4. The Morgan fingerprint density at radius 3 is 2.59 bits per heavy atom. The van der Waals surface area contributed by atoms with E-state index in [-0.39, 0.29) is 5.91 Å². The molecule has 1 aromatic carbocycles. The van der Waals surface area contributed by atoms with Crippen molar-refractivity contribution in [3.8, 4) is 11.5 Å². The van der Waals surface area contributed by atoms with Gasteiger partial charge in [-0.05, 0) is 43.2 Å². The molecule has 3 rings (SSSR count). The van der Waals surface area contributed by atoms with Gasteiger partial charge in [0.15, 0.2) is 18.0 Å². The van der Waals surface area contributed by atoms with Crippen molar-refractivity contribution in [3.63, 3.8) is 0 Å². The third kappa shape index (κ3) is 5.71. The number of amides is 1. The Hall–Kier alpha value is -2.05. The van der Waals surface area contributed by atoms with Gasteiger partial charge in [0.05, 0.1) is 26.8 Å². The van der Waals surface area contributed by atoms with E-state index in [1.807, 2.05) is 23.1 Å². The molecule has 0 aliphatic heterocycles. The van der Waals surface area contributed by atoms with Crippen molar-refractivity contribution < 1.29 is 19.6 Å². The highest BCUT2D eigenvalue weighted by atomic mass is 32.1. The third-order valence-electron chi connectivity index (χ3n) is 4.86. The molecule has 0 radical (unpaired) electrons. The van der Waals surface area contributed by atoms with Gasteiger partial charge in [0, 0.05) is 29.1 Å². The van der Waals surface area contributed by atoms with E-state index < -0.39 is 0 Å². The molecule has 0 spiro atoms. The number of nitrogens with zero attached hydrogens (tertiary/aromatic N) is 1. The van der Waals surface area contributed by atoms with Gasteiger partial charge in [0.2, 0.25) is 0 Å². The zero-order valence-electron chi connectivity index (χ0n) is 16.4. The zero-order valence-corrected chi connectivity index (χ0v) is 17.2. The van der Waals surface area contributed by atoms with Crippen LogP contribution in [0.3, 0.4) is 0 Å². The number of carbonyl (C=O) groups excluding carboxylic acids is 1. The summed E-state index contributed by atoms with van der Waals surface area (Å²) in [6.45, 7) is 4.03. The number of hydrogen-bond donors (Lipinski definition) is 1. The first-order valence-electron chi connectivity index (χ1n) is 9.46. The van der Waals surface area contributed by atoms with Crippen LogP contribution in [0, 0.1) is 6.92 Å². The van der Waals surface area contributed by atoms with E-state index in [1.54, 1.807) is 25.6 Å². The van der Waals surface area contributed by atoms with Crippen LogP contribution in [0.15, 0.2) is 30.3 Å². The van der Waals surface area contributed by atoms with E-state index in [4.69, 9.17) is 9.47 Å². The number of benzene rings is 1. The van der Waals surface area contributed by atoms with Crippen LogP contribution in [-0.4, -0.2) is 44.2 Å². The van der Waals surface area contributed by atoms with Crippen molar-refractivity contribution in [2.75, 3.05) is 27.3 Å². The predicted molar refractivity (Wildman–Crippen MR) is 108 cm³/mol. The SMILES string of the molecule is COc1ccc(CCN(Cc2ccc(C)s2)C(=O)C[NH2+]C2CC2)cc1OC. The second-order valence-corrected chi connectivity index (χ2v) is 8.42. The van der Waals surface area contributed by atoms with Crippen LogP contribution in [0.2, 0.25) is 0 Å². The highest BCUT2D eigenvalue weighted by Gasteiger charge is 2.27. The maximum Gasteiger partial charge on any atom is 0.278 e. The van der Waals surface area contributed by atoms with Gasteiger partial charge in [0.1, 0.15) is 0 Å². The van der Waals surface area contributed by atoms with Crippen molar-refractivity contribution in [2.24, 2.45) is 0 Å². The van der Waals surface area contributed by atoms with Gasteiger partial charge in [-0.25, -0.2) is 0 Å². The number of carbonyl (C=O) groups is 1. The summed E-state index contributed by atoms with van der Waals surface area (Å²) in [6.07, 6.45) is 3.27. The van der Waals surface area contributed by atoms with Crippen LogP contribution < -0.4 is 14.8 Å². The topological polar surface area (TPSA) is 55.4 Å². The number of methoxy groups -OCH3 is 2. The maximum absolute atomic E-state index is 12.8. The maximum atomic E-state index is 12.8. The van der Waals surface area contributed by atoms with Crippen molar-refractivity contribution in [1.82, 2.24) is 4.90 Å². The van der Waals surface area contributed by atoms with Gasteiger partial charge >= 0.3 is 0 Å². The molecule has 1 aromatic heterocycles. The molecule has 1 saturated carbocycles. The fourth-order valence-electron chi connectivity index (χ4n) is 3.08. The molecular formula is C21H29N2O3S+. The molecule has 5 nitrogen and oxygen atoms in total. The van der Waals surface area contributed by atoms with Crippen LogP contribution >= 0.6 is 11.3 Å². The third-order valence-corrected chi connectivity index (χ3v) is 5.85. The molecule has 0 atom stereocenters. The summed E-state index contributed by atoms with van der Waals surface area (Å²) < 4.78 is 10.7. The van der Waals surface area contributed by atoms with Gasteiger partial charge in [-0.1, -0.05) is 6.07 Å². The van der Waals surface area contributed by atoms with Gasteiger partial charge in [-0.15, -0.1) is 11.3 Å². The highest BCUT2D eigenvalue weighted by Crippen LogP contribution is 2.28. The number of ether oxygens (including phenoxy) is 2.